The first kappa shape index (κ1) is 34.6. The van der Waals surface area contributed by atoms with E-state index < -0.39 is 0 Å². The van der Waals surface area contributed by atoms with Crippen molar-refractivity contribution in [2.45, 2.75) is 44.7 Å². The first-order valence-corrected chi connectivity index (χ1v) is 17.9. The number of fused-ring (bicyclic) bond motifs is 2. The van der Waals surface area contributed by atoms with Crippen LogP contribution in [-0.4, -0.2) is 26.8 Å². The van der Waals surface area contributed by atoms with E-state index in [1.807, 2.05) is 30.9 Å². The molecule has 264 valence electrons. The van der Waals surface area contributed by atoms with Crippen LogP contribution in [0.5, 0.6) is 0 Å². The second-order valence-electron chi connectivity index (χ2n) is 13.4. The van der Waals surface area contributed by atoms with Gasteiger partial charge in [0.15, 0.2) is 5.82 Å². The minimum Gasteiger partial charge on any atom is -0.381 e. The number of piperidine rings is 1. The first-order chi connectivity index (χ1) is 25.2. The van der Waals surface area contributed by atoms with Crippen molar-refractivity contribution >= 4 is 57.4 Å². The van der Waals surface area contributed by atoms with Crippen LogP contribution in [0.2, 0.25) is 5.02 Å². The van der Waals surface area contributed by atoms with Gasteiger partial charge >= 0.3 is 0 Å². The van der Waals surface area contributed by atoms with Gasteiger partial charge in [-0.05, 0) is 84.9 Å². The molecule has 1 fully saturated rings. The summed E-state index contributed by atoms with van der Waals surface area (Å²) >= 11 is 6.53. The molecule has 0 amide bonds. The SMILES string of the molecule is C=CCCC1=Cc2cc(Nc3nc(NCc4ccc(CNc5ccc6c(C7CCC(=C)NC7=C)nn(C)c6c5)cc4)ncc3Cl)ccc2N(C)C1=C. The summed E-state index contributed by atoms with van der Waals surface area (Å²) in [7, 11) is 4.04. The van der Waals surface area contributed by atoms with Gasteiger partial charge in [-0.1, -0.05) is 61.7 Å². The zero-order valence-corrected chi connectivity index (χ0v) is 30.5. The number of likely N-dealkylation sites (N-methyl/N-ethyl adjacent to an activating group) is 1. The average Bonchev–Trinajstić information content (AvgIpc) is 3.47. The number of nitrogens with zero attached hydrogens (tertiary/aromatic N) is 5. The van der Waals surface area contributed by atoms with Gasteiger partial charge in [0.1, 0.15) is 5.02 Å². The predicted molar refractivity (Wildman–Crippen MR) is 217 cm³/mol. The standard InChI is InChI=1S/C42H44ClN9/c1-7-8-9-31-20-32-21-34(16-19-38(32)51(5)28(31)4)48-41-37(43)25-46-42(49-41)45-24-30-13-11-29(12-14-30)23-44-33-15-18-36-39(22-33)52(6)50-40(36)35-17-10-26(2)47-27(35)3/h7,11-16,18-22,25,35,44,47H,1-4,8-10,17,23-24H2,5-6H3,(H2,45,46,48,49). The fourth-order valence-electron chi connectivity index (χ4n) is 6.82. The van der Waals surface area contributed by atoms with Crippen molar-refractivity contribution in [2.75, 3.05) is 27.9 Å². The lowest BCUT2D eigenvalue weighted by atomic mass is 9.90. The Labute approximate surface area is 310 Å². The zero-order chi connectivity index (χ0) is 36.4. The zero-order valence-electron chi connectivity index (χ0n) is 29.8. The summed E-state index contributed by atoms with van der Waals surface area (Å²) in [4.78, 5) is 11.2. The highest BCUT2D eigenvalue weighted by atomic mass is 35.5. The van der Waals surface area contributed by atoms with Gasteiger partial charge in [0.2, 0.25) is 5.95 Å². The number of nitrogens with one attached hydrogen (secondary N) is 4. The summed E-state index contributed by atoms with van der Waals surface area (Å²) < 4.78 is 1.96. The lowest BCUT2D eigenvalue weighted by Gasteiger charge is -2.30. The van der Waals surface area contributed by atoms with E-state index in [4.69, 9.17) is 16.7 Å². The molecular weight excluding hydrogens is 666 g/mol. The topological polar surface area (TPSA) is 95.0 Å². The molecule has 0 saturated carbocycles. The van der Waals surface area contributed by atoms with E-state index in [9.17, 15) is 0 Å². The van der Waals surface area contributed by atoms with E-state index in [0.29, 0.717) is 29.9 Å². The summed E-state index contributed by atoms with van der Waals surface area (Å²) in [5, 5.41) is 20.1. The van der Waals surface area contributed by atoms with Crippen LogP contribution in [0.15, 0.2) is 122 Å². The quantitative estimate of drug-likeness (QED) is 0.0952. The fourth-order valence-corrected chi connectivity index (χ4v) is 6.96. The lowest BCUT2D eigenvalue weighted by Crippen LogP contribution is -2.23. The summed E-state index contributed by atoms with van der Waals surface area (Å²) in [5.41, 5.74) is 12.8. The number of allylic oxidation sites excluding steroid dienone is 4. The Bertz CT molecular complexity index is 2230. The monoisotopic (exact) mass is 709 g/mol. The van der Waals surface area contributed by atoms with Crippen molar-refractivity contribution in [3.8, 4) is 0 Å². The number of aromatic nitrogens is 4. The molecule has 4 heterocycles. The number of rotatable bonds is 12. The van der Waals surface area contributed by atoms with Crippen LogP contribution >= 0.6 is 11.6 Å². The molecule has 3 aromatic carbocycles. The highest BCUT2D eigenvalue weighted by molar-refractivity contribution is 6.32. The fraction of sp³-hybridized carbons (Fsp3) is 0.214. The number of aryl methyl sites for hydroxylation is 1. The van der Waals surface area contributed by atoms with Gasteiger partial charge in [-0.15, -0.1) is 6.58 Å². The highest BCUT2D eigenvalue weighted by Crippen LogP contribution is 2.38. The molecule has 1 saturated heterocycles. The minimum absolute atomic E-state index is 0.175. The molecule has 0 radical (unpaired) electrons. The van der Waals surface area contributed by atoms with Crippen molar-refractivity contribution < 1.29 is 0 Å². The Balaban J connectivity index is 0.957. The predicted octanol–water partition coefficient (Wildman–Crippen LogP) is 9.79. The van der Waals surface area contributed by atoms with Crippen LogP contribution in [0.1, 0.15) is 54.0 Å². The minimum atomic E-state index is 0.175. The maximum absolute atomic E-state index is 6.53. The van der Waals surface area contributed by atoms with Gasteiger partial charge in [-0.2, -0.15) is 10.1 Å². The second kappa shape index (κ2) is 14.8. The first-order valence-electron chi connectivity index (χ1n) is 17.5. The molecule has 4 N–H and O–H groups in total. The summed E-state index contributed by atoms with van der Waals surface area (Å²) in [6.07, 6.45) is 9.44. The van der Waals surface area contributed by atoms with E-state index in [1.165, 1.54) is 11.1 Å². The van der Waals surface area contributed by atoms with Crippen LogP contribution in [0.4, 0.5) is 28.8 Å². The van der Waals surface area contributed by atoms with Crippen LogP contribution in [0.3, 0.4) is 0 Å². The molecule has 0 aliphatic carbocycles. The average molecular weight is 710 g/mol. The molecular formula is C42H44ClN9. The van der Waals surface area contributed by atoms with Crippen molar-refractivity contribution in [2.24, 2.45) is 7.05 Å². The number of anilines is 5. The van der Waals surface area contributed by atoms with Gasteiger partial charge in [0.05, 0.1) is 17.4 Å². The molecule has 2 aliphatic heterocycles. The van der Waals surface area contributed by atoms with Gasteiger partial charge in [-0.25, -0.2) is 4.98 Å². The molecule has 1 unspecified atom stereocenters. The molecule has 0 bridgehead atoms. The molecule has 1 atom stereocenters. The Morgan fingerprint density at radius 1 is 0.962 bits per heavy atom. The van der Waals surface area contributed by atoms with Crippen molar-refractivity contribution in [3.05, 3.63) is 149 Å². The van der Waals surface area contributed by atoms with Gasteiger partial charge in [-0.3, -0.25) is 4.68 Å². The normalized spacial score (nSPS) is 15.6. The summed E-state index contributed by atoms with van der Waals surface area (Å²) in [6.45, 7) is 17.7. The molecule has 7 rings (SSSR count). The molecule has 2 aromatic heterocycles. The number of benzene rings is 3. The van der Waals surface area contributed by atoms with Gasteiger partial charge in [0, 0.05) is 78.2 Å². The molecule has 5 aromatic rings. The maximum atomic E-state index is 6.53. The largest absolute Gasteiger partial charge is 0.381 e. The van der Waals surface area contributed by atoms with Crippen molar-refractivity contribution in [1.82, 2.24) is 25.1 Å². The van der Waals surface area contributed by atoms with E-state index in [-0.39, 0.29) is 5.92 Å². The maximum Gasteiger partial charge on any atom is 0.224 e. The Morgan fingerprint density at radius 3 is 2.46 bits per heavy atom. The number of halogens is 1. The van der Waals surface area contributed by atoms with Gasteiger partial charge in [0.25, 0.3) is 0 Å². The van der Waals surface area contributed by atoms with E-state index in [2.05, 4.69) is 123 Å². The van der Waals surface area contributed by atoms with Crippen LogP contribution in [-0.2, 0) is 20.1 Å². The van der Waals surface area contributed by atoms with E-state index in [1.54, 1.807) is 6.20 Å². The van der Waals surface area contributed by atoms with Crippen LogP contribution in [0.25, 0.3) is 17.0 Å². The Morgan fingerprint density at radius 2 is 1.71 bits per heavy atom. The third kappa shape index (κ3) is 7.31. The Hall–Kier alpha value is -5.80. The second-order valence-corrected chi connectivity index (χ2v) is 13.8. The van der Waals surface area contributed by atoms with E-state index in [0.717, 1.165) is 87.6 Å². The van der Waals surface area contributed by atoms with Crippen LogP contribution in [0, 0.1) is 0 Å². The molecule has 52 heavy (non-hydrogen) atoms. The van der Waals surface area contributed by atoms with Gasteiger partial charge < -0.3 is 26.2 Å². The number of hydrogen-bond acceptors (Lipinski definition) is 8. The molecule has 2 aliphatic rings. The third-order valence-electron chi connectivity index (χ3n) is 9.79. The van der Waals surface area contributed by atoms with Crippen molar-refractivity contribution in [3.63, 3.8) is 0 Å². The molecule has 9 nitrogen and oxygen atoms in total. The van der Waals surface area contributed by atoms with Crippen LogP contribution < -0.4 is 26.2 Å². The van der Waals surface area contributed by atoms with E-state index >= 15 is 0 Å². The summed E-state index contributed by atoms with van der Waals surface area (Å²) in [6, 6.07) is 21.2. The lowest BCUT2D eigenvalue weighted by molar-refractivity contribution is 0.575. The summed E-state index contributed by atoms with van der Waals surface area (Å²) in [5.74, 6) is 1.20. The Kier molecular flexibility index (Phi) is 9.87. The number of hydrogen-bond donors (Lipinski definition) is 4. The van der Waals surface area contributed by atoms with Crippen molar-refractivity contribution in [1.29, 1.82) is 0 Å². The highest BCUT2D eigenvalue weighted by Gasteiger charge is 2.26. The smallest absolute Gasteiger partial charge is 0.224 e. The third-order valence-corrected chi connectivity index (χ3v) is 10.1. The molecule has 0 spiro atoms. The molecule has 10 heteroatoms.